The van der Waals surface area contributed by atoms with Gasteiger partial charge in [-0.15, -0.1) is 0 Å². The number of hydrogen-bond acceptors (Lipinski definition) is 6. The first kappa shape index (κ1) is 22.8. The quantitative estimate of drug-likeness (QED) is 0.768. The van der Waals surface area contributed by atoms with Crippen molar-refractivity contribution in [2.45, 2.75) is 65.4 Å². The predicted molar refractivity (Wildman–Crippen MR) is 126 cm³/mol. The minimum atomic E-state index is -0.381. The molecule has 1 aromatic carbocycles. The zero-order valence-electron chi connectivity index (χ0n) is 19.8. The molecule has 1 saturated heterocycles. The number of hydrogen-bond donors (Lipinski definition) is 1. The maximum Gasteiger partial charge on any atom is 0.409 e. The minimum Gasteiger partial charge on any atom is -0.449 e. The lowest BCUT2D eigenvalue weighted by Gasteiger charge is -2.36. The third kappa shape index (κ3) is 5.14. The normalized spacial score (nSPS) is 22.3. The molecular weight excluding hydrogens is 404 g/mol. The maximum atomic E-state index is 12.5. The molecular formula is C25H36N4O3. The van der Waals surface area contributed by atoms with Gasteiger partial charge in [0.15, 0.2) is 0 Å². The van der Waals surface area contributed by atoms with Crippen LogP contribution in [0.25, 0.3) is 10.9 Å². The number of benzene rings is 1. The number of carbonyl (C=O) groups excluding carboxylic acids is 1. The van der Waals surface area contributed by atoms with Gasteiger partial charge in [-0.1, -0.05) is 39.7 Å². The average Bonchev–Trinajstić information content (AvgIpc) is 2.76. The molecule has 0 radical (unpaired) electrons. The first-order valence-electron chi connectivity index (χ1n) is 11.8. The van der Waals surface area contributed by atoms with Crippen LogP contribution in [-0.4, -0.2) is 65.0 Å². The topological polar surface area (TPSA) is 78.8 Å². The number of aliphatic hydroxyl groups excluding tert-OH is 1. The number of aromatic nitrogens is 2. The Labute approximate surface area is 190 Å². The van der Waals surface area contributed by atoms with Gasteiger partial charge in [-0.25, -0.2) is 14.8 Å². The van der Waals surface area contributed by atoms with E-state index in [9.17, 15) is 9.90 Å². The number of ether oxygens (including phenoxy) is 1. The maximum absolute atomic E-state index is 12.5. The number of anilines is 1. The van der Waals surface area contributed by atoms with Crippen molar-refractivity contribution in [3.8, 4) is 0 Å². The van der Waals surface area contributed by atoms with Crippen molar-refractivity contribution >= 4 is 22.8 Å². The van der Waals surface area contributed by atoms with E-state index >= 15 is 0 Å². The Morgan fingerprint density at radius 3 is 2.53 bits per heavy atom. The molecule has 1 aliphatic carbocycles. The lowest BCUT2D eigenvalue weighted by Crippen LogP contribution is -2.49. The van der Waals surface area contributed by atoms with Crippen LogP contribution in [0, 0.1) is 12.3 Å². The zero-order chi connectivity index (χ0) is 22.9. The molecule has 1 N–H and O–H groups in total. The predicted octanol–water partition coefficient (Wildman–Crippen LogP) is 4.26. The summed E-state index contributed by atoms with van der Waals surface area (Å²) in [4.78, 5) is 26.3. The Kier molecular flexibility index (Phi) is 6.56. The van der Waals surface area contributed by atoms with E-state index in [0.29, 0.717) is 32.8 Å². The molecule has 2 heterocycles. The Balaban J connectivity index is 1.55. The van der Waals surface area contributed by atoms with Crippen molar-refractivity contribution in [2.75, 3.05) is 37.7 Å². The van der Waals surface area contributed by atoms with Gasteiger partial charge in [-0.2, -0.15) is 0 Å². The molecule has 2 aromatic rings. The van der Waals surface area contributed by atoms with E-state index in [1.807, 2.05) is 0 Å². The van der Waals surface area contributed by atoms with Crippen LogP contribution in [0.5, 0.6) is 0 Å². The van der Waals surface area contributed by atoms with E-state index in [1.165, 1.54) is 0 Å². The Morgan fingerprint density at radius 2 is 1.84 bits per heavy atom. The minimum absolute atomic E-state index is 0.0129. The Hall–Kier alpha value is -2.41. The Bertz CT molecular complexity index is 964. The van der Waals surface area contributed by atoms with Crippen LogP contribution in [0.1, 0.15) is 63.8 Å². The van der Waals surface area contributed by atoms with E-state index in [2.05, 4.69) is 50.8 Å². The fourth-order valence-electron chi connectivity index (χ4n) is 4.53. The third-order valence-electron chi connectivity index (χ3n) is 6.38. The molecule has 2 unspecified atom stereocenters. The van der Waals surface area contributed by atoms with Gasteiger partial charge in [0, 0.05) is 37.5 Å². The fraction of sp³-hybridized carbons (Fsp3) is 0.640. The molecule has 1 aliphatic heterocycles. The van der Waals surface area contributed by atoms with Gasteiger partial charge in [0.25, 0.3) is 0 Å². The van der Waals surface area contributed by atoms with Gasteiger partial charge in [0.1, 0.15) is 11.6 Å². The van der Waals surface area contributed by atoms with Crippen LogP contribution in [0.3, 0.4) is 0 Å². The van der Waals surface area contributed by atoms with E-state index in [1.54, 1.807) is 4.90 Å². The standard InChI is InChI=1S/C25H36N4O3/c1-17-9-10-18-20(15-17)26-22(19-7-5-6-8-21(19)30)27-23(18)28-11-13-29(14-12-28)24(31)32-16-25(2,3)4/h9-10,15,19,21,30H,5-8,11-14,16H2,1-4H3. The van der Waals surface area contributed by atoms with E-state index < -0.39 is 0 Å². The monoisotopic (exact) mass is 440 g/mol. The molecule has 174 valence electrons. The third-order valence-corrected chi connectivity index (χ3v) is 6.38. The number of carbonyl (C=O) groups is 1. The van der Waals surface area contributed by atoms with Gasteiger partial charge >= 0.3 is 6.09 Å². The molecule has 4 rings (SSSR count). The number of piperazine rings is 1. The summed E-state index contributed by atoms with van der Waals surface area (Å²) < 4.78 is 5.50. The van der Waals surface area contributed by atoms with Crippen molar-refractivity contribution in [3.63, 3.8) is 0 Å². The van der Waals surface area contributed by atoms with Crippen LogP contribution < -0.4 is 4.90 Å². The number of amides is 1. The SMILES string of the molecule is Cc1ccc2c(N3CCN(C(=O)OCC(C)(C)C)CC3)nc(C3CCCCC3O)nc2c1. The number of nitrogens with zero attached hydrogens (tertiary/aromatic N) is 4. The van der Waals surface area contributed by atoms with Gasteiger partial charge in [0.05, 0.1) is 18.2 Å². The molecule has 7 nitrogen and oxygen atoms in total. The summed E-state index contributed by atoms with van der Waals surface area (Å²) in [5.74, 6) is 1.64. The largest absolute Gasteiger partial charge is 0.449 e. The summed E-state index contributed by atoms with van der Waals surface area (Å²) in [6.07, 6.45) is 3.27. The molecule has 2 aliphatic rings. The summed E-state index contributed by atoms with van der Waals surface area (Å²) in [5, 5.41) is 11.6. The first-order valence-corrected chi connectivity index (χ1v) is 11.8. The van der Waals surface area contributed by atoms with Gasteiger partial charge in [0.2, 0.25) is 0 Å². The fourth-order valence-corrected chi connectivity index (χ4v) is 4.53. The molecule has 7 heteroatoms. The molecule has 1 amide bonds. The molecule has 2 fully saturated rings. The van der Waals surface area contributed by atoms with E-state index in [0.717, 1.165) is 53.8 Å². The van der Waals surface area contributed by atoms with Crippen LogP contribution in [0.4, 0.5) is 10.6 Å². The van der Waals surface area contributed by atoms with Crippen LogP contribution in [0.2, 0.25) is 0 Å². The van der Waals surface area contributed by atoms with Crippen LogP contribution in [-0.2, 0) is 4.74 Å². The van der Waals surface area contributed by atoms with Crippen molar-refractivity contribution in [1.29, 1.82) is 0 Å². The number of aliphatic hydroxyl groups is 1. The smallest absolute Gasteiger partial charge is 0.409 e. The van der Waals surface area contributed by atoms with Crippen molar-refractivity contribution in [1.82, 2.24) is 14.9 Å². The zero-order valence-corrected chi connectivity index (χ0v) is 19.8. The number of rotatable bonds is 3. The molecule has 0 spiro atoms. The van der Waals surface area contributed by atoms with Gasteiger partial charge in [-0.05, 0) is 42.9 Å². The van der Waals surface area contributed by atoms with Crippen LogP contribution >= 0.6 is 0 Å². The first-order chi connectivity index (χ1) is 15.2. The van der Waals surface area contributed by atoms with Gasteiger partial charge in [-0.3, -0.25) is 0 Å². The second-order valence-electron chi connectivity index (χ2n) is 10.5. The highest BCUT2D eigenvalue weighted by atomic mass is 16.6. The summed E-state index contributed by atoms with van der Waals surface area (Å²) in [6.45, 7) is 11.2. The summed E-state index contributed by atoms with van der Waals surface area (Å²) in [7, 11) is 0. The number of fused-ring (bicyclic) bond motifs is 1. The summed E-state index contributed by atoms with van der Waals surface area (Å²) in [6, 6.07) is 6.27. The number of aryl methyl sites for hydroxylation is 1. The lowest BCUT2D eigenvalue weighted by molar-refractivity contribution is 0.0707. The highest BCUT2D eigenvalue weighted by molar-refractivity contribution is 5.90. The molecule has 32 heavy (non-hydrogen) atoms. The average molecular weight is 441 g/mol. The highest BCUT2D eigenvalue weighted by Gasteiger charge is 2.30. The lowest BCUT2D eigenvalue weighted by atomic mass is 9.86. The summed E-state index contributed by atoms with van der Waals surface area (Å²) in [5.41, 5.74) is 2.04. The van der Waals surface area contributed by atoms with Crippen molar-refractivity contribution in [3.05, 3.63) is 29.6 Å². The molecule has 1 aromatic heterocycles. The molecule has 1 saturated carbocycles. The Morgan fingerprint density at radius 1 is 1.12 bits per heavy atom. The van der Waals surface area contributed by atoms with E-state index in [-0.39, 0.29) is 23.5 Å². The van der Waals surface area contributed by atoms with Gasteiger partial charge < -0.3 is 19.6 Å². The molecule has 0 bridgehead atoms. The van der Waals surface area contributed by atoms with Crippen molar-refractivity contribution in [2.24, 2.45) is 5.41 Å². The summed E-state index contributed by atoms with van der Waals surface area (Å²) >= 11 is 0. The second kappa shape index (κ2) is 9.22. The second-order valence-corrected chi connectivity index (χ2v) is 10.5. The van der Waals surface area contributed by atoms with E-state index in [4.69, 9.17) is 14.7 Å². The van der Waals surface area contributed by atoms with Crippen LogP contribution in [0.15, 0.2) is 18.2 Å². The molecule has 2 atom stereocenters. The van der Waals surface area contributed by atoms with Crippen molar-refractivity contribution < 1.29 is 14.6 Å². The highest BCUT2D eigenvalue weighted by Crippen LogP contribution is 2.34.